The van der Waals surface area contributed by atoms with E-state index in [2.05, 4.69) is 63.0 Å². The third-order valence-electron chi connectivity index (χ3n) is 6.87. The van der Waals surface area contributed by atoms with E-state index < -0.39 is 0 Å². The van der Waals surface area contributed by atoms with Crippen LogP contribution in [0.3, 0.4) is 0 Å². The Morgan fingerprint density at radius 2 is 1.57 bits per heavy atom. The number of rotatable bonds is 7. The molecule has 1 aliphatic rings. The van der Waals surface area contributed by atoms with E-state index in [1.807, 2.05) is 43.3 Å². The molecular formula is C29H33N5O. The second kappa shape index (κ2) is 10.4. The number of anilines is 1. The van der Waals surface area contributed by atoms with Crippen LogP contribution in [-0.2, 0) is 19.6 Å². The summed E-state index contributed by atoms with van der Waals surface area (Å²) in [6.07, 6.45) is 0. The number of hydrogen-bond donors (Lipinski definition) is 1. The van der Waals surface area contributed by atoms with Crippen LogP contribution >= 0.6 is 0 Å². The summed E-state index contributed by atoms with van der Waals surface area (Å²) in [5, 5.41) is 3.04. The van der Waals surface area contributed by atoms with Gasteiger partial charge in [-0.3, -0.25) is 14.6 Å². The lowest BCUT2D eigenvalue weighted by Crippen LogP contribution is -2.45. The van der Waals surface area contributed by atoms with Crippen LogP contribution in [0.2, 0.25) is 0 Å². The van der Waals surface area contributed by atoms with Gasteiger partial charge in [-0.15, -0.1) is 0 Å². The molecule has 6 heteroatoms. The molecule has 1 aromatic heterocycles. The lowest BCUT2D eigenvalue weighted by Gasteiger charge is -2.34. The summed E-state index contributed by atoms with van der Waals surface area (Å²) in [5.41, 5.74) is 5.84. The van der Waals surface area contributed by atoms with Gasteiger partial charge in [0.15, 0.2) is 0 Å². The van der Waals surface area contributed by atoms with Crippen molar-refractivity contribution in [1.82, 2.24) is 19.4 Å². The molecule has 0 unspecified atom stereocenters. The second-order valence-electron chi connectivity index (χ2n) is 9.28. The molecule has 0 radical (unpaired) electrons. The van der Waals surface area contributed by atoms with Gasteiger partial charge in [0.1, 0.15) is 5.82 Å². The van der Waals surface area contributed by atoms with Crippen LogP contribution < -0.4 is 5.32 Å². The summed E-state index contributed by atoms with van der Waals surface area (Å²) >= 11 is 0. The van der Waals surface area contributed by atoms with E-state index in [-0.39, 0.29) is 5.91 Å². The molecule has 0 atom stereocenters. The highest BCUT2D eigenvalue weighted by molar-refractivity contribution is 6.05. The number of nitrogens with zero attached hydrogens (tertiary/aromatic N) is 4. The Balaban J connectivity index is 1.26. The number of carbonyl (C=O) groups excluding carboxylic acids is 1. The average molecular weight is 468 g/mol. The number of imidazole rings is 1. The monoisotopic (exact) mass is 467 g/mol. The van der Waals surface area contributed by atoms with Gasteiger partial charge in [0.2, 0.25) is 0 Å². The molecule has 180 valence electrons. The molecule has 1 N–H and O–H groups in total. The molecule has 5 rings (SSSR count). The van der Waals surface area contributed by atoms with Crippen molar-refractivity contribution in [1.29, 1.82) is 0 Å². The zero-order chi connectivity index (χ0) is 24.2. The first-order valence-corrected chi connectivity index (χ1v) is 12.5. The van der Waals surface area contributed by atoms with E-state index in [1.165, 1.54) is 5.56 Å². The second-order valence-corrected chi connectivity index (χ2v) is 9.28. The van der Waals surface area contributed by atoms with E-state index in [4.69, 9.17) is 4.98 Å². The number of fused-ring (bicyclic) bond motifs is 1. The summed E-state index contributed by atoms with van der Waals surface area (Å²) in [7, 11) is 0. The quantitative estimate of drug-likeness (QED) is 0.419. The van der Waals surface area contributed by atoms with E-state index in [9.17, 15) is 4.79 Å². The largest absolute Gasteiger partial charge is 0.327 e. The van der Waals surface area contributed by atoms with Crippen molar-refractivity contribution in [2.75, 3.05) is 31.5 Å². The molecule has 1 fully saturated rings. The number of nitrogens with one attached hydrogen (secondary N) is 1. The van der Waals surface area contributed by atoms with Crippen molar-refractivity contribution in [3.05, 3.63) is 95.3 Å². The van der Waals surface area contributed by atoms with Crippen LogP contribution in [0.15, 0.2) is 72.8 Å². The standard InChI is InChI=1S/C29H33N5O/c1-3-34-27-14-13-24(30-29(35)25-12-8-7-9-22(25)2)19-26(27)31-28(34)21-33-17-15-32(16-18-33)20-23-10-5-4-6-11-23/h4-14,19H,3,15-18,20-21H2,1-2H3,(H,30,35). The molecule has 3 aromatic carbocycles. The number of aromatic nitrogens is 2. The van der Waals surface area contributed by atoms with E-state index >= 15 is 0 Å². The third-order valence-corrected chi connectivity index (χ3v) is 6.87. The molecular weight excluding hydrogens is 434 g/mol. The molecule has 1 saturated heterocycles. The molecule has 0 aliphatic carbocycles. The van der Waals surface area contributed by atoms with Crippen LogP contribution in [0.5, 0.6) is 0 Å². The van der Waals surface area contributed by atoms with Gasteiger partial charge in [0, 0.05) is 50.5 Å². The fourth-order valence-electron chi connectivity index (χ4n) is 4.90. The normalized spacial score (nSPS) is 14.9. The number of carbonyl (C=O) groups is 1. The number of amides is 1. The van der Waals surface area contributed by atoms with Crippen LogP contribution in [0.1, 0.15) is 34.2 Å². The van der Waals surface area contributed by atoms with Crippen LogP contribution in [-0.4, -0.2) is 51.4 Å². The Bertz CT molecular complexity index is 1310. The minimum Gasteiger partial charge on any atom is -0.327 e. The number of piperazine rings is 1. The van der Waals surface area contributed by atoms with Crippen LogP contribution in [0, 0.1) is 6.92 Å². The Morgan fingerprint density at radius 1 is 0.886 bits per heavy atom. The zero-order valence-electron chi connectivity index (χ0n) is 20.6. The van der Waals surface area contributed by atoms with Gasteiger partial charge < -0.3 is 9.88 Å². The Kier molecular flexibility index (Phi) is 6.93. The Labute approximate surface area is 207 Å². The smallest absolute Gasteiger partial charge is 0.255 e. The fraction of sp³-hybridized carbons (Fsp3) is 0.310. The van der Waals surface area contributed by atoms with Gasteiger partial charge in [0.05, 0.1) is 17.6 Å². The molecule has 35 heavy (non-hydrogen) atoms. The van der Waals surface area contributed by atoms with Gasteiger partial charge in [-0.2, -0.15) is 0 Å². The lowest BCUT2D eigenvalue weighted by atomic mass is 10.1. The van der Waals surface area contributed by atoms with Crippen molar-refractivity contribution in [3.63, 3.8) is 0 Å². The van der Waals surface area contributed by atoms with Gasteiger partial charge in [0.25, 0.3) is 5.91 Å². The van der Waals surface area contributed by atoms with E-state index in [1.54, 1.807) is 0 Å². The molecule has 0 spiro atoms. The van der Waals surface area contributed by atoms with E-state index in [0.29, 0.717) is 5.56 Å². The van der Waals surface area contributed by atoms with Gasteiger partial charge >= 0.3 is 0 Å². The fourth-order valence-corrected chi connectivity index (χ4v) is 4.90. The highest BCUT2D eigenvalue weighted by Crippen LogP contribution is 2.23. The topological polar surface area (TPSA) is 53.4 Å². The molecule has 4 aromatic rings. The molecule has 0 bridgehead atoms. The third kappa shape index (κ3) is 5.29. The molecule has 0 saturated carbocycles. The van der Waals surface area contributed by atoms with Gasteiger partial charge in [-0.25, -0.2) is 4.98 Å². The summed E-state index contributed by atoms with van der Waals surface area (Å²) < 4.78 is 2.29. The Hall–Kier alpha value is -3.48. The van der Waals surface area contributed by atoms with Crippen molar-refractivity contribution < 1.29 is 4.79 Å². The maximum absolute atomic E-state index is 12.8. The van der Waals surface area contributed by atoms with Crippen LogP contribution in [0.4, 0.5) is 5.69 Å². The predicted octanol–water partition coefficient (Wildman–Crippen LogP) is 4.93. The summed E-state index contributed by atoms with van der Waals surface area (Å²) in [4.78, 5) is 22.8. The van der Waals surface area contributed by atoms with Crippen molar-refractivity contribution in [3.8, 4) is 0 Å². The number of aryl methyl sites for hydroxylation is 2. The number of benzene rings is 3. The van der Waals surface area contributed by atoms with Crippen molar-refractivity contribution in [2.24, 2.45) is 0 Å². The highest BCUT2D eigenvalue weighted by Gasteiger charge is 2.20. The first-order chi connectivity index (χ1) is 17.1. The molecule has 1 aliphatic heterocycles. The molecule has 1 amide bonds. The van der Waals surface area contributed by atoms with Crippen molar-refractivity contribution >= 4 is 22.6 Å². The maximum Gasteiger partial charge on any atom is 0.255 e. The summed E-state index contributed by atoms with van der Waals surface area (Å²) in [6, 6.07) is 24.4. The maximum atomic E-state index is 12.8. The first-order valence-electron chi connectivity index (χ1n) is 12.5. The highest BCUT2D eigenvalue weighted by atomic mass is 16.1. The van der Waals surface area contributed by atoms with Gasteiger partial charge in [-0.1, -0.05) is 48.5 Å². The minimum atomic E-state index is -0.0917. The van der Waals surface area contributed by atoms with Crippen molar-refractivity contribution in [2.45, 2.75) is 33.5 Å². The van der Waals surface area contributed by atoms with Gasteiger partial charge in [-0.05, 0) is 49.2 Å². The minimum absolute atomic E-state index is 0.0917. The lowest BCUT2D eigenvalue weighted by molar-refractivity contribution is 0.102. The number of hydrogen-bond acceptors (Lipinski definition) is 4. The summed E-state index contributed by atoms with van der Waals surface area (Å²) in [5.74, 6) is 0.993. The average Bonchev–Trinajstić information content (AvgIpc) is 3.22. The Morgan fingerprint density at radius 3 is 2.29 bits per heavy atom. The van der Waals surface area contributed by atoms with Crippen LogP contribution in [0.25, 0.3) is 11.0 Å². The zero-order valence-corrected chi connectivity index (χ0v) is 20.6. The molecule has 2 heterocycles. The molecule has 6 nitrogen and oxygen atoms in total. The predicted molar refractivity (Wildman–Crippen MR) is 142 cm³/mol. The SMILES string of the molecule is CCn1c(CN2CCN(Cc3ccccc3)CC2)nc2cc(NC(=O)c3ccccc3C)ccc21. The van der Waals surface area contributed by atoms with E-state index in [0.717, 1.165) is 73.9 Å². The first kappa shape index (κ1) is 23.3. The summed E-state index contributed by atoms with van der Waals surface area (Å²) in [6.45, 7) is 11.0.